The molecule has 2 fully saturated rings. The summed E-state index contributed by atoms with van der Waals surface area (Å²) in [6, 6.07) is 0.675. The Kier molecular flexibility index (Phi) is 5.93. The van der Waals surface area contributed by atoms with E-state index in [0.29, 0.717) is 6.04 Å². The van der Waals surface area contributed by atoms with E-state index in [1.54, 1.807) is 0 Å². The SMILES string of the molecule is CCCN1CCC(C(C)NCC2CCOC2)CC1. The van der Waals surface area contributed by atoms with Crippen molar-refractivity contribution in [3.63, 3.8) is 0 Å². The van der Waals surface area contributed by atoms with Gasteiger partial charge in [-0.25, -0.2) is 0 Å². The highest BCUT2D eigenvalue weighted by atomic mass is 16.5. The number of ether oxygens (including phenoxy) is 1. The lowest BCUT2D eigenvalue weighted by molar-refractivity contribution is 0.158. The molecule has 2 aliphatic rings. The second kappa shape index (κ2) is 7.46. The second-order valence-corrected chi connectivity index (χ2v) is 6.11. The lowest BCUT2D eigenvalue weighted by Gasteiger charge is -2.35. The van der Waals surface area contributed by atoms with E-state index in [4.69, 9.17) is 4.74 Å². The van der Waals surface area contributed by atoms with Gasteiger partial charge in [0.2, 0.25) is 0 Å². The molecular weight excluding hydrogens is 224 g/mol. The molecule has 2 aliphatic heterocycles. The third kappa shape index (κ3) is 4.22. The third-order valence-electron chi connectivity index (χ3n) is 4.63. The van der Waals surface area contributed by atoms with Crippen molar-refractivity contribution in [2.24, 2.45) is 11.8 Å². The molecule has 0 amide bonds. The van der Waals surface area contributed by atoms with Gasteiger partial charge in [0, 0.05) is 19.2 Å². The summed E-state index contributed by atoms with van der Waals surface area (Å²) in [4.78, 5) is 2.62. The van der Waals surface area contributed by atoms with Crippen LogP contribution in [-0.4, -0.2) is 50.3 Å². The number of piperidine rings is 1. The first-order chi connectivity index (χ1) is 8.79. The standard InChI is InChI=1S/C15H30N2O/c1-3-7-17-8-4-15(5-9-17)13(2)16-11-14-6-10-18-12-14/h13-16H,3-12H2,1-2H3. The molecule has 0 aromatic heterocycles. The Hall–Kier alpha value is -0.120. The van der Waals surface area contributed by atoms with E-state index in [9.17, 15) is 0 Å². The van der Waals surface area contributed by atoms with Crippen LogP contribution in [0.1, 0.15) is 39.5 Å². The molecule has 0 radical (unpaired) electrons. The van der Waals surface area contributed by atoms with Gasteiger partial charge in [-0.3, -0.25) is 0 Å². The van der Waals surface area contributed by atoms with E-state index in [-0.39, 0.29) is 0 Å². The number of hydrogen-bond donors (Lipinski definition) is 1. The van der Waals surface area contributed by atoms with Crippen LogP contribution in [0.3, 0.4) is 0 Å². The fourth-order valence-electron chi connectivity index (χ4n) is 3.26. The lowest BCUT2D eigenvalue weighted by atomic mass is 9.90. The van der Waals surface area contributed by atoms with Crippen LogP contribution in [0.25, 0.3) is 0 Å². The zero-order chi connectivity index (χ0) is 12.8. The van der Waals surface area contributed by atoms with Crippen LogP contribution in [0.15, 0.2) is 0 Å². The smallest absolute Gasteiger partial charge is 0.0507 e. The summed E-state index contributed by atoms with van der Waals surface area (Å²) in [5.74, 6) is 1.63. The zero-order valence-electron chi connectivity index (χ0n) is 12.2. The molecule has 18 heavy (non-hydrogen) atoms. The van der Waals surface area contributed by atoms with E-state index in [1.165, 1.54) is 45.3 Å². The average molecular weight is 254 g/mol. The van der Waals surface area contributed by atoms with Crippen LogP contribution < -0.4 is 5.32 Å². The Morgan fingerprint density at radius 2 is 2.06 bits per heavy atom. The highest BCUT2D eigenvalue weighted by molar-refractivity contribution is 4.80. The van der Waals surface area contributed by atoms with Gasteiger partial charge >= 0.3 is 0 Å². The van der Waals surface area contributed by atoms with Gasteiger partial charge in [0.1, 0.15) is 0 Å². The predicted molar refractivity (Wildman–Crippen MR) is 75.8 cm³/mol. The molecule has 2 rings (SSSR count). The Balaban J connectivity index is 1.62. The molecule has 2 saturated heterocycles. The zero-order valence-corrected chi connectivity index (χ0v) is 12.2. The Labute approximate surface area is 112 Å². The van der Waals surface area contributed by atoms with Crippen molar-refractivity contribution in [1.82, 2.24) is 10.2 Å². The minimum Gasteiger partial charge on any atom is -0.381 e. The summed E-state index contributed by atoms with van der Waals surface area (Å²) in [5.41, 5.74) is 0. The number of hydrogen-bond acceptors (Lipinski definition) is 3. The maximum absolute atomic E-state index is 5.43. The molecule has 1 N–H and O–H groups in total. The van der Waals surface area contributed by atoms with Crippen molar-refractivity contribution in [3.05, 3.63) is 0 Å². The first-order valence-electron chi connectivity index (χ1n) is 7.83. The second-order valence-electron chi connectivity index (χ2n) is 6.11. The fourth-order valence-corrected chi connectivity index (χ4v) is 3.26. The van der Waals surface area contributed by atoms with E-state index < -0.39 is 0 Å². The van der Waals surface area contributed by atoms with E-state index in [0.717, 1.165) is 31.6 Å². The van der Waals surface area contributed by atoms with E-state index in [2.05, 4.69) is 24.1 Å². The summed E-state index contributed by atoms with van der Waals surface area (Å²) >= 11 is 0. The Morgan fingerprint density at radius 1 is 1.28 bits per heavy atom. The maximum Gasteiger partial charge on any atom is 0.0507 e. The number of likely N-dealkylation sites (tertiary alicyclic amines) is 1. The maximum atomic E-state index is 5.43. The normalized spacial score (nSPS) is 28.7. The van der Waals surface area contributed by atoms with Gasteiger partial charge < -0.3 is 15.0 Å². The molecule has 0 aliphatic carbocycles. The molecule has 106 valence electrons. The van der Waals surface area contributed by atoms with E-state index >= 15 is 0 Å². The van der Waals surface area contributed by atoms with Crippen molar-refractivity contribution < 1.29 is 4.74 Å². The predicted octanol–water partition coefficient (Wildman–Crippen LogP) is 2.12. The molecule has 3 heteroatoms. The summed E-state index contributed by atoms with van der Waals surface area (Å²) in [6.07, 6.45) is 5.28. The minimum atomic E-state index is 0.675. The quantitative estimate of drug-likeness (QED) is 0.786. The van der Waals surface area contributed by atoms with Crippen LogP contribution in [0, 0.1) is 11.8 Å². The number of nitrogens with one attached hydrogen (secondary N) is 1. The summed E-state index contributed by atoms with van der Waals surface area (Å²) in [7, 11) is 0. The number of nitrogens with zero attached hydrogens (tertiary/aromatic N) is 1. The summed E-state index contributed by atoms with van der Waals surface area (Å²) in [5, 5.41) is 3.74. The van der Waals surface area contributed by atoms with Crippen LogP contribution in [0.4, 0.5) is 0 Å². The van der Waals surface area contributed by atoms with E-state index in [1.807, 2.05) is 0 Å². The van der Waals surface area contributed by atoms with Crippen LogP contribution >= 0.6 is 0 Å². The molecule has 2 unspecified atom stereocenters. The van der Waals surface area contributed by atoms with Gasteiger partial charge in [-0.2, -0.15) is 0 Å². The van der Waals surface area contributed by atoms with Gasteiger partial charge in [-0.1, -0.05) is 6.92 Å². The highest BCUT2D eigenvalue weighted by Crippen LogP contribution is 2.21. The average Bonchev–Trinajstić information content (AvgIpc) is 2.90. The molecule has 0 spiro atoms. The highest BCUT2D eigenvalue weighted by Gasteiger charge is 2.24. The van der Waals surface area contributed by atoms with Gasteiger partial charge in [0.15, 0.2) is 0 Å². The van der Waals surface area contributed by atoms with Crippen molar-refractivity contribution in [3.8, 4) is 0 Å². The summed E-state index contributed by atoms with van der Waals surface area (Å²) in [6.45, 7) is 11.6. The van der Waals surface area contributed by atoms with Crippen molar-refractivity contribution in [2.75, 3.05) is 39.4 Å². The molecule has 0 saturated carbocycles. The van der Waals surface area contributed by atoms with Crippen LogP contribution in [0.5, 0.6) is 0 Å². The molecule has 3 nitrogen and oxygen atoms in total. The lowest BCUT2D eigenvalue weighted by Crippen LogP contribution is -2.43. The van der Waals surface area contributed by atoms with Gasteiger partial charge in [0.05, 0.1) is 6.61 Å². The Morgan fingerprint density at radius 3 is 2.67 bits per heavy atom. The first-order valence-corrected chi connectivity index (χ1v) is 7.83. The van der Waals surface area contributed by atoms with Crippen molar-refractivity contribution in [1.29, 1.82) is 0 Å². The van der Waals surface area contributed by atoms with Crippen LogP contribution in [0.2, 0.25) is 0 Å². The van der Waals surface area contributed by atoms with Gasteiger partial charge in [-0.05, 0) is 64.1 Å². The monoisotopic (exact) mass is 254 g/mol. The number of rotatable bonds is 6. The molecular formula is C15H30N2O. The molecule has 0 bridgehead atoms. The largest absolute Gasteiger partial charge is 0.381 e. The third-order valence-corrected chi connectivity index (χ3v) is 4.63. The Bertz CT molecular complexity index is 221. The van der Waals surface area contributed by atoms with Gasteiger partial charge in [-0.15, -0.1) is 0 Å². The molecule has 0 aromatic carbocycles. The topological polar surface area (TPSA) is 24.5 Å². The van der Waals surface area contributed by atoms with Crippen molar-refractivity contribution >= 4 is 0 Å². The minimum absolute atomic E-state index is 0.675. The fraction of sp³-hybridized carbons (Fsp3) is 1.00. The molecule has 0 aromatic rings. The molecule has 2 heterocycles. The summed E-state index contributed by atoms with van der Waals surface area (Å²) < 4.78 is 5.43. The first kappa shape index (κ1) is 14.3. The van der Waals surface area contributed by atoms with Crippen LogP contribution in [-0.2, 0) is 4.74 Å². The molecule has 2 atom stereocenters. The van der Waals surface area contributed by atoms with Gasteiger partial charge in [0.25, 0.3) is 0 Å². The van der Waals surface area contributed by atoms with Crippen molar-refractivity contribution in [2.45, 2.75) is 45.6 Å².